The van der Waals surface area contributed by atoms with Crippen molar-refractivity contribution in [3.05, 3.63) is 21.9 Å². The molecule has 1 unspecified atom stereocenters. The molecule has 1 saturated heterocycles. The van der Waals surface area contributed by atoms with E-state index in [0.717, 1.165) is 0 Å². The number of nitrogens with one attached hydrogen (secondary N) is 1. The lowest BCUT2D eigenvalue weighted by Gasteiger charge is -2.33. The van der Waals surface area contributed by atoms with Crippen LogP contribution in [0.3, 0.4) is 0 Å². The number of thioether (sulfide) groups is 1. The van der Waals surface area contributed by atoms with E-state index < -0.39 is 0 Å². The smallest absolute Gasteiger partial charge is 0.0912 e. The van der Waals surface area contributed by atoms with Gasteiger partial charge in [-0.25, -0.2) is 0 Å². The van der Waals surface area contributed by atoms with E-state index in [4.69, 9.17) is 0 Å². The van der Waals surface area contributed by atoms with Gasteiger partial charge in [0.05, 0.1) is 4.87 Å². The monoisotopic (exact) mass is 211 g/mol. The highest BCUT2D eigenvalue weighted by Crippen LogP contribution is 2.47. The molecule has 1 nitrogen and oxygen atoms in total. The van der Waals surface area contributed by atoms with Gasteiger partial charge in [0.25, 0.3) is 0 Å². The second kappa shape index (κ2) is 3.01. The molecule has 0 aromatic carbocycles. The van der Waals surface area contributed by atoms with Gasteiger partial charge < -0.3 is 0 Å². The largest absolute Gasteiger partial charge is 0.298 e. The van der Waals surface area contributed by atoms with Crippen molar-refractivity contribution in [2.24, 2.45) is 0 Å². The van der Waals surface area contributed by atoms with Crippen LogP contribution in [0.5, 0.6) is 0 Å². The third-order valence-corrected chi connectivity index (χ3v) is 5.42. The molecular weight excluding hydrogens is 198 g/mol. The SMILES string of the molecule is c1cc2c(s1)CCCC21NCCS1. The van der Waals surface area contributed by atoms with Crippen LogP contribution < -0.4 is 5.32 Å². The first-order valence-electron chi connectivity index (χ1n) is 4.87. The Labute approximate surface area is 86.9 Å². The molecule has 0 radical (unpaired) electrons. The van der Waals surface area contributed by atoms with Gasteiger partial charge in [0.15, 0.2) is 0 Å². The van der Waals surface area contributed by atoms with E-state index in [2.05, 4.69) is 28.5 Å². The van der Waals surface area contributed by atoms with Gasteiger partial charge in [0.1, 0.15) is 0 Å². The summed E-state index contributed by atoms with van der Waals surface area (Å²) in [4.78, 5) is 1.93. The van der Waals surface area contributed by atoms with Gasteiger partial charge in [-0.15, -0.1) is 23.1 Å². The first kappa shape index (κ1) is 8.33. The van der Waals surface area contributed by atoms with Crippen LogP contribution >= 0.6 is 23.1 Å². The number of fused-ring (bicyclic) bond motifs is 2. The van der Waals surface area contributed by atoms with Gasteiger partial charge in [-0.1, -0.05) is 0 Å². The Hall–Kier alpha value is 0.01000. The molecule has 70 valence electrons. The molecule has 3 rings (SSSR count). The van der Waals surface area contributed by atoms with Crippen LogP contribution in [-0.2, 0) is 11.3 Å². The minimum Gasteiger partial charge on any atom is -0.298 e. The highest BCUT2D eigenvalue weighted by molar-refractivity contribution is 8.00. The summed E-state index contributed by atoms with van der Waals surface area (Å²) in [6, 6.07) is 2.32. The predicted octanol–water partition coefficient (Wildman–Crippen LogP) is 2.57. The zero-order valence-corrected chi connectivity index (χ0v) is 9.14. The van der Waals surface area contributed by atoms with Gasteiger partial charge in [-0.05, 0) is 36.3 Å². The van der Waals surface area contributed by atoms with Crippen LogP contribution in [0.2, 0.25) is 0 Å². The first-order chi connectivity index (χ1) is 6.41. The van der Waals surface area contributed by atoms with Crippen molar-refractivity contribution in [3.8, 4) is 0 Å². The maximum absolute atomic E-state index is 3.68. The number of hydrogen-bond acceptors (Lipinski definition) is 3. The Morgan fingerprint density at radius 1 is 1.46 bits per heavy atom. The molecule has 1 aromatic rings. The minimum atomic E-state index is 0.313. The molecule has 0 amide bonds. The first-order valence-corrected chi connectivity index (χ1v) is 6.73. The molecule has 1 N–H and O–H groups in total. The van der Waals surface area contributed by atoms with Gasteiger partial charge in [-0.3, -0.25) is 5.32 Å². The third-order valence-electron chi connectivity index (χ3n) is 2.97. The van der Waals surface area contributed by atoms with E-state index in [1.165, 1.54) is 31.6 Å². The maximum Gasteiger partial charge on any atom is 0.0912 e. The van der Waals surface area contributed by atoms with Crippen LogP contribution in [0.25, 0.3) is 0 Å². The average molecular weight is 211 g/mol. The van der Waals surface area contributed by atoms with Crippen LogP contribution in [0, 0.1) is 0 Å². The summed E-state index contributed by atoms with van der Waals surface area (Å²) in [7, 11) is 0. The quantitative estimate of drug-likeness (QED) is 0.708. The van der Waals surface area contributed by atoms with E-state index in [-0.39, 0.29) is 0 Å². The maximum atomic E-state index is 3.68. The molecule has 1 spiro atoms. The van der Waals surface area contributed by atoms with E-state index in [1.807, 2.05) is 11.3 Å². The molecule has 1 aromatic heterocycles. The lowest BCUT2D eigenvalue weighted by atomic mass is 9.93. The van der Waals surface area contributed by atoms with Crippen LogP contribution in [0.1, 0.15) is 23.3 Å². The third kappa shape index (κ3) is 1.17. The normalized spacial score (nSPS) is 32.3. The topological polar surface area (TPSA) is 12.0 Å². The zero-order chi connectivity index (χ0) is 8.73. The summed E-state index contributed by atoms with van der Waals surface area (Å²) in [6.07, 6.45) is 3.98. The Morgan fingerprint density at radius 3 is 3.31 bits per heavy atom. The van der Waals surface area contributed by atoms with Crippen molar-refractivity contribution in [1.29, 1.82) is 0 Å². The van der Waals surface area contributed by atoms with Crippen molar-refractivity contribution in [2.45, 2.75) is 24.1 Å². The van der Waals surface area contributed by atoms with Gasteiger partial charge in [0.2, 0.25) is 0 Å². The molecule has 2 aliphatic rings. The Bertz CT molecular complexity index is 312. The van der Waals surface area contributed by atoms with Crippen molar-refractivity contribution in [1.82, 2.24) is 5.32 Å². The summed E-state index contributed by atoms with van der Waals surface area (Å²) in [6.45, 7) is 1.18. The standard InChI is InChI=1S/C10H13NS2/c1-2-9-8(3-6-12-9)10(4-1)11-5-7-13-10/h3,6,11H,1-2,4-5,7H2. The van der Waals surface area contributed by atoms with Crippen LogP contribution in [0.4, 0.5) is 0 Å². The molecule has 1 atom stereocenters. The second-order valence-corrected chi connectivity index (χ2v) is 6.11. The zero-order valence-electron chi connectivity index (χ0n) is 7.51. The van der Waals surface area contributed by atoms with Gasteiger partial charge in [0, 0.05) is 17.2 Å². The van der Waals surface area contributed by atoms with E-state index in [9.17, 15) is 0 Å². The van der Waals surface area contributed by atoms with Crippen molar-refractivity contribution < 1.29 is 0 Å². The molecule has 1 aliphatic heterocycles. The molecule has 13 heavy (non-hydrogen) atoms. The molecule has 1 fully saturated rings. The molecule has 2 heterocycles. The summed E-state index contributed by atoms with van der Waals surface area (Å²) in [5.41, 5.74) is 1.59. The molecular formula is C10H13NS2. The second-order valence-electron chi connectivity index (χ2n) is 3.71. The number of rotatable bonds is 0. The van der Waals surface area contributed by atoms with E-state index >= 15 is 0 Å². The lowest BCUT2D eigenvalue weighted by molar-refractivity contribution is 0.449. The Balaban J connectivity index is 2.08. The fourth-order valence-corrected chi connectivity index (χ4v) is 4.85. The minimum absolute atomic E-state index is 0.313. The fourth-order valence-electron chi connectivity index (χ4n) is 2.39. The number of thiophene rings is 1. The van der Waals surface area contributed by atoms with E-state index in [0.29, 0.717) is 4.87 Å². The number of hydrogen-bond donors (Lipinski definition) is 1. The molecule has 0 bridgehead atoms. The fraction of sp³-hybridized carbons (Fsp3) is 0.600. The highest BCUT2D eigenvalue weighted by Gasteiger charge is 2.39. The summed E-state index contributed by atoms with van der Waals surface area (Å²) in [5.74, 6) is 1.27. The van der Waals surface area contributed by atoms with E-state index in [1.54, 1.807) is 10.4 Å². The van der Waals surface area contributed by atoms with Crippen molar-refractivity contribution in [2.75, 3.05) is 12.3 Å². The van der Waals surface area contributed by atoms with Crippen molar-refractivity contribution >= 4 is 23.1 Å². The number of aryl methyl sites for hydroxylation is 1. The predicted molar refractivity (Wildman–Crippen MR) is 59.4 cm³/mol. The van der Waals surface area contributed by atoms with Crippen LogP contribution in [-0.4, -0.2) is 12.3 Å². The lowest BCUT2D eigenvalue weighted by Crippen LogP contribution is -2.36. The molecule has 1 aliphatic carbocycles. The van der Waals surface area contributed by atoms with Gasteiger partial charge >= 0.3 is 0 Å². The Kier molecular flexibility index (Phi) is 1.93. The summed E-state index contributed by atoms with van der Waals surface area (Å²) >= 11 is 4.04. The van der Waals surface area contributed by atoms with Gasteiger partial charge in [-0.2, -0.15) is 0 Å². The highest BCUT2D eigenvalue weighted by atomic mass is 32.2. The average Bonchev–Trinajstić information content (AvgIpc) is 2.74. The summed E-state index contributed by atoms with van der Waals surface area (Å²) in [5, 5.41) is 5.93. The summed E-state index contributed by atoms with van der Waals surface area (Å²) < 4.78 is 0. The Morgan fingerprint density at radius 2 is 2.46 bits per heavy atom. The molecule has 0 saturated carbocycles. The molecule has 3 heteroatoms. The van der Waals surface area contributed by atoms with Crippen molar-refractivity contribution in [3.63, 3.8) is 0 Å². The van der Waals surface area contributed by atoms with Crippen LogP contribution in [0.15, 0.2) is 11.4 Å².